The molecule has 2 heterocycles. The molecule has 0 radical (unpaired) electrons. The van der Waals surface area contributed by atoms with E-state index in [1.54, 1.807) is 6.20 Å². The Bertz CT molecular complexity index is 1160. The van der Waals surface area contributed by atoms with E-state index >= 15 is 0 Å². The molecule has 1 aromatic heterocycles. The molecule has 0 amide bonds. The molecule has 0 atom stereocenters. The summed E-state index contributed by atoms with van der Waals surface area (Å²) in [6.45, 7) is 8.48. The number of benzene rings is 2. The molecule has 0 bridgehead atoms. The second-order valence-electron chi connectivity index (χ2n) is 9.85. The van der Waals surface area contributed by atoms with Crippen LogP contribution in [0.4, 0.5) is 4.39 Å². The van der Waals surface area contributed by atoms with Gasteiger partial charge in [0.2, 0.25) is 0 Å². The number of halogens is 1. The van der Waals surface area contributed by atoms with Crippen molar-refractivity contribution in [2.75, 3.05) is 53.0 Å². The summed E-state index contributed by atoms with van der Waals surface area (Å²) in [5, 5.41) is 0. The number of hydrogen-bond donors (Lipinski definition) is 0. The van der Waals surface area contributed by atoms with Crippen molar-refractivity contribution in [2.24, 2.45) is 0 Å². The van der Waals surface area contributed by atoms with Gasteiger partial charge in [-0.25, -0.2) is 4.39 Å². The van der Waals surface area contributed by atoms with E-state index in [-0.39, 0.29) is 18.0 Å². The zero-order valence-corrected chi connectivity index (χ0v) is 22.5. The number of carbonyl (C=O) groups is 1. The average Bonchev–Trinajstić information content (AvgIpc) is 2.92. The maximum atomic E-state index is 14.2. The fraction of sp³-hybridized carbons (Fsp3) is 0.419. The Morgan fingerprint density at radius 1 is 0.947 bits per heavy atom. The molecule has 1 aliphatic rings. The Kier molecular flexibility index (Phi) is 10.2. The fourth-order valence-corrected chi connectivity index (χ4v) is 4.58. The Hall–Kier alpha value is -3.29. The van der Waals surface area contributed by atoms with Gasteiger partial charge in [0.05, 0.1) is 13.2 Å². The lowest BCUT2D eigenvalue weighted by atomic mass is 10.0. The molecule has 0 N–H and O–H groups in total. The van der Waals surface area contributed by atoms with Crippen LogP contribution in [0.15, 0.2) is 60.8 Å². The number of carbonyl (C=O) groups excluding carboxylic acids is 1. The second-order valence-corrected chi connectivity index (χ2v) is 9.85. The summed E-state index contributed by atoms with van der Waals surface area (Å²) < 4.78 is 25.5. The van der Waals surface area contributed by atoms with Crippen molar-refractivity contribution in [3.8, 4) is 22.6 Å². The van der Waals surface area contributed by atoms with Gasteiger partial charge in [0.25, 0.3) is 0 Å². The minimum atomic E-state index is -0.337. The van der Waals surface area contributed by atoms with Crippen molar-refractivity contribution in [3.05, 3.63) is 77.9 Å². The van der Waals surface area contributed by atoms with Crippen molar-refractivity contribution in [1.29, 1.82) is 0 Å². The maximum absolute atomic E-state index is 14.2. The molecule has 3 aromatic rings. The molecule has 1 fully saturated rings. The minimum absolute atomic E-state index is 0.0743. The first kappa shape index (κ1) is 27.7. The lowest BCUT2D eigenvalue weighted by molar-refractivity contribution is -0.118. The summed E-state index contributed by atoms with van der Waals surface area (Å²) in [5.74, 6) is 1.10. The maximum Gasteiger partial charge on any atom is 0.139 e. The SMILES string of the molecule is CCOc1ccc(-c2ccc(CC(=O)CCc3cc(F)cc(OCCCN4CCN(C)CC4)c3)nc2)cc1. The van der Waals surface area contributed by atoms with Crippen LogP contribution in [0.2, 0.25) is 0 Å². The van der Waals surface area contributed by atoms with E-state index in [9.17, 15) is 9.18 Å². The zero-order valence-electron chi connectivity index (χ0n) is 22.5. The molecule has 0 aliphatic carbocycles. The molecule has 1 saturated heterocycles. The third-order valence-corrected chi connectivity index (χ3v) is 6.81. The van der Waals surface area contributed by atoms with Gasteiger partial charge in [-0.3, -0.25) is 9.78 Å². The lowest BCUT2D eigenvalue weighted by Crippen LogP contribution is -2.44. The molecule has 4 rings (SSSR count). The Morgan fingerprint density at radius 3 is 2.42 bits per heavy atom. The summed E-state index contributed by atoms with van der Waals surface area (Å²) in [5.41, 5.74) is 3.53. The number of hydrogen-bond acceptors (Lipinski definition) is 6. The van der Waals surface area contributed by atoms with Gasteiger partial charge in [0.1, 0.15) is 23.1 Å². The van der Waals surface area contributed by atoms with Crippen LogP contribution in [0.25, 0.3) is 11.1 Å². The van der Waals surface area contributed by atoms with E-state index in [2.05, 4.69) is 21.8 Å². The van der Waals surface area contributed by atoms with Gasteiger partial charge in [-0.05, 0) is 68.3 Å². The Morgan fingerprint density at radius 2 is 1.71 bits per heavy atom. The first-order valence-electron chi connectivity index (χ1n) is 13.5. The molecule has 0 spiro atoms. The smallest absolute Gasteiger partial charge is 0.139 e. The van der Waals surface area contributed by atoms with Gasteiger partial charge in [0.15, 0.2) is 0 Å². The summed E-state index contributed by atoms with van der Waals surface area (Å²) in [6, 6.07) is 16.5. The van der Waals surface area contributed by atoms with Crippen LogP contribution in [0.1, 0.15) is 31.0 Å². The third kappa shape index (κ3) is 8.64. The van der Waals surface area contributed by atoms with Crippen LogP contribution in [-0.4, -0.2) is 73.6 Å². The number of aryl methyl sites for hydroxylation is 1. The second kappa shape index (κ2) is 14.0. The van der Waals surface area contributed by atoms with E-state index in [0.717, 1.165) is 67.3 Å². The number of aromatic nitrogens is 1. The number of likely N-dealkylation sites (N-methyl/N-ethyl adjacent to an activating group) is 1. The van der Waals surface area contributed by atoms with Gasteiger partial charge in [-0.15, -0.1) is 0 Å². The van der Waals surface area contributed by atoms with Crippen molar-refractivity contribution in [1.82, 2.24) is 14.8 Å². The number of pyridine rings is 1. The van der Waals surface area contributed by atoms with Crippen LogP contribution < -0.4 is 9.47 Å². The molecule has 7 heteroatoms. The molecule has 2 aromatic carbocycles. The summed E-state index contributed by atoms with van der Waals surface area (Å²) in [4.78, 5) is 21.9. The first-order chi connectivity index (χ1) is 18.5. The van der Waals surface area contributed by atoms with Crippen molar-refractivity contribution in [3.63, 3.8) is 0 Å². The van der Waals surface area contributed by atoms with Crippen molar-refractivity contribution in [2.45, 2.75) is 32.6 Å². The molecule has 6 nitrogen and oxygen atoms in total. The van der Waals surface area contributed by atoms with E-state index in [4.69, 9.17) is 9.47 Å². The minimum Gasteiger partial charge on any atom is -0.494 e. The predicted molar refractivity (Wildman–Crippen MR) is 148 cm³/mol. The van der Waals surface area contributed by atoms with Crippen LogP contribution in [0.5, 0.6) is 11.5 Å². The average molecular weight is 520 g/mol. The van der Waals surface area contributed by atoms with Crippen LogP contribution in [0, 0.1) is 5.82 Å². The lowest BCUT2D eigenvalue weighted by Gasteiger charge is -2.32. The van der Waals surface area contributed by atoms with Gasteiger partial charge >= 0.3 is 0 Å². The van der Waals surface area contributed by atoms with E-state index in [1.165, 1.54) is 12.1 Å². The number of Topliss-reactive ketones (excluding diaryl/α,β-unsaturated/α-hetero) is 1. The normalized spacial score (nSPS) is 14.4. The molecular formula is C31H38FN3O3. The van der Waals surface area contributed by atoms with Gasteiger partial charge in [-0.2, -0.15) is 0 Å². The van der Waals surface area contributed by atoms with E-state index in [0.29, 0.717) is 31.8 Å². The highest BCUT2D eigenvalue weighted by molar-refractivity contribution is 5.80. The molecule has 202 valence electrons. The molecule has 38 heavy (non-hydrogen) atoms. The standard InChI is InChI=1S/C31H38FN3O3/c1-3-37-30-11-7-25(8-12-30)26-6-9-28(33-23-26)22-29(36)10-5-24-19-27(32)21-31(20-24)38-18-4-13-35-16-14-34(2)15-17-35/h6-9,11-12,19-21,23H,3-5,10,13-18,22H2,1-2H3. The summed E-state index contributed by atoms with van der Waals surface area (Å²) >= 11 is 0. The van der Waals surface area contributed by atoms with Crippen LogP contribution in [-0.2, 0) is 17.6 Å². The number of ketones is 1. The Balaban J connectivity index is 1.21. The zero-order chi connectivity index (χ0) is 26.7. The summed E-state index contributed by atoms with van der Waals surface area (Å²) in [7, 11) is 2.15. The number of ether oxygens (including phenoxy) is 2. The molecular weight excluding hydrogens is 481 g/mol. The third-order valence-electron chi connectivity index (χ3n) is 6.81. The predicted octanol–water partition coefficient (Wildman–Crippen LogP) is 5.05. The van der Waals surface area contributed by atoms with Crippen molar-refractivity contribution >= 4 is 5.78 Å². The topological polar surface area (TPSA) is 54.9 Å². The molecule has 1 aliphatic heterocycles. The van der Waals surface area contributed by atoms with E-state index in [1.807, 2.05) is 49.4 Å². The monoisotopic (exact) mass is 519 g/mol. The van der Waals surface area contributed by atoms with Crippen molar-refractivity contribution < 1.29 is 18.7 Å². The number of nitrogens with zero attached hydrogens (tertiary/aromatic N) is 3. The summed E-state index contributed by atoms with van der Waals surface area (Å²) in [6.07, 6.45) is 3.75. The highest BCUT2D eigenvalue weighted by atomic mass is 19.1. The quantitative estimate of drug-likeness (QED) is 0.295. The largest absolute Gasteiger partial charge is 0.494 e. The highest BCUT2D eigenvalue weighted by Crippen LogP contribution is 2.22. The fourth-order valence-electron chi connectivity index (χ4n) is 4.58. The molecule has 0 saturated carbocycles. The number of piperazine rings is 1. The molecule has 0 unspecified atom stereocenters. The van der Waals surface area contributed by atoms with Crippen LogP contribution in [0.3, 0.4) is 0 Å². The Labute approximate surface area is 225 Å². The van der Waals surface area contributed by atoms with Crippen LogP contribution >= 0.6 is 0 Å². The number of rotatable bonds is 13. The highest BCUT2D eigenvalue weighted by Gasteiger charge is 2.13. The van der Waals surface area contributed by atoms with Gasteiger partial charge < -0.3 is 19.3 Å². The van der Waals surface area contributed by atoms with E-state index < -0.39 is 0 Å². The van der Waals surface area contributed by atoms with Gasteiger partial charge in [-0.1, -0.05) is 18.2 Å². The first-order valence-corrected chi connectivity index (χ1v) is 13.5. The van der Waals surface area contributed by atoms with Gasteiger partial charge in [0, 0.05) is 69.1 Å².